The molecule has 220 valence electrons. The largest absolute Gasteiger partial charge is 0.497 e. The van der Waals surface area contributed by atoms with E-state index in [1.165, 1.54) is 6.07 Å². The van der Waals surface area contributed by atoms with Gasteiger partial charge in [0.05, 0.1) is 12.8 Å². The van der Waals surface area contributed by atoms with Crippen molar-refractivity contribution in [3.8, 4) is 11.6 Å². The molecule has 0 radical (unpaired) electrons. The van der Waals surface area contributed by atoms with Gasteiger partial charge in [-0.3, -0.25) is 5.32 Å². The highest BCUT2D eigenvalue weighted by molar-refractivity contribution is 5.87. The van der Waals surface area contributed by atoms with Crippen LogP contribution in [0.15, 0.2) is 44.7 Å². The van der Waals surface area contributed by atoms with E-state index in [0.29, 0.717) is 35.9 Å². The van der Waals surface area contributed by atoms with Gasteiger partial charge in [0.15, 0.2) is 0 Å². The minimum absolute atomic E-state index is 0.0714. The summed E-state index contributed by atoms with van der Waals surface area (Å²) in [4.78, 5) is 36.6. The summed E-state index contributed by atoms with van der Waals surface area (Å²) >= 11 is 0. The van der Waals surface area contributed by atoms with Crippen molar-refractivity contribution >= 4 is 22.9 Å². The van der Waals surface area contributed by atoms with E-state index in [1.54, 1.807) is 25.3 Å². The molecule has 0 bridgehead atoms. The lowest BCUT2D eigenvalue weighted by Gasteiger charge is -2.17. The quantitative estimate of drug-likeness (QED) is 0.0594. The first kappa shape index (κ1) is 31.2. The van der Waals surface area contributed by atoms with E-state index in [2.05, 4.69) is 44.5 Å². The molecule has 3 aromatic rings. The Balaban J connectivity index is 1.73. The highest BCUT2D eigenvalue weighted by Crippen LogP contribution is 2.28. The number of methoxy groups -OCH3 is 1. The molecule has 0 saturated carbocycles. The van der Waals surface area contributed by atoms with Gasteiger partial charge in [-0.1, -0.05) is 44.6 Å². The van der Waals surface area contributed by atoms with Gasteiger partial charge in [-0.15, -0.1) is 0 Å². The van der Waals surface area contributed by atoms with E-state index in [0.717, 1.165) is 62.4 Å². The second kappa shape index (κ2) is 16.7. The number of fused-ring (bicyclic) bond motifs is 1. The van der Waals surface area contributed by atoms with Crippen molar-refractivity contribution in [2.75, 3.05) is 25.5 Å². The van der Waals surface area contributed by atoms with Crippen LogP contribution in [0.5, 0.6) is 11.6 Å². The number of aromatic nitrogens is 2. The molecule has 0 saturated heterocycles. The Morgan fingerprint density at radius 3 is 2.71 bits per heavy atom. The number of nitrogens with one attached hydrogen (secondary N) is 2. The van der Waals surface area contributed by atoms with Crippen LogP contribution in [0.3, 0.4) is 0 Å². The maximum Gasteiger partial charge on any atom is 0.336 e. The van der Waals surface area contributed by atoms with Gasteiger partial charge in [-0.25, -0.2) is 14.6 Å². The molecule has 1 aromatic carbocycles. The van der Waals surface area contributed by atoms with E-state index in [-0.39, 0.29) is 18.5 Å². The van der Waals surface area contributed by atoms with E-state index >= 15 is 0 Å². The van der Waals surface area contributed by atoms with Crippen LogP contribution in [0.4, 0.5) is 10.7 Å². The third kappa shape index (κ3) is 9.99. The Labute approximate surface area is 239 Å². The molecule has 2 aromatic heterocycles. The van der Waals surface area contributed by atoms with E-state index in [1.807, 2.05) is 6.07 Å². The van der Waals surface area contributed by atoms with E-state index in [9.17, 15) is 9.59 Å². The number of carbonyl (C=O) groups is 1. The number of azide groups is 1. The molecule has 1 atom stereocenters. The molecule has 0 aliphatic rings. The van der Waals surface area contributed by atoms with Crippen molar-refractivity contribution in [3.63, 3.8) is 0 Å². The molecule has 0 fully saturated rings. The lowest BCUT2D eigenvalue weighted by atomic mass is 9.95. The first-order valence-electron chi connectivity index (χ1n) is 14.2. The third-order valence-corrected chi connectivity index (χ3v) is 6.71. The van der Waals surface area contributed by atoms with Gasteiger partial charge in [-0.2, -0.15) is 4.98 Å². The molecule has 2 heterocycles. The van der Waals surface area contributed by atoms with Crippen molar-refractivity contribution in [1.82, 2.24) is 15.3 Å². The van der Waals surface area contributed by atoms with Gasteiger partial charge in [0, 0.05) is 53.1 Å². The SMILES string of the molecule is CCCCC(CC)c1cc(OCc2cc(=O)oc3cc(OC)ccc23)nc(NC(=O)NCCCCCCN=[N+]=[N-])n1. The molecule has 1 unspecified atom stereocenters. The van der Waals surface area contributed by atoms with Gasteiger partial charge in [-0.05, 0) is 43.3 Å². The molecule has 2 amide bonds. The highest BCUT2D eigenvalue weighted by Gasteiger charge is 2.17. The number of benzene rings is 1. The number of hydrogen-bond acceptors (Lipinski definition) is 8. The highest BCUT2D eigenvalue weighted by atomic mass is 16.5. The fourth-order valence-corrected chi connectivity index (χ4v) is 4.46. The zero-order valence-electron chi connectivity index (χ0n) is 24.0. The molecule has 2 N–H and O–H groups in total. The van der Waals surface area contributed by atoms with Crippen LogP contribution in [0.2, 0.25) is 0 Å². The van der Waals surface area contributed by atoms with Gasteiger partial charge in [0.1, 0.15) is 17.9 Å². The number of carbonyl (C=O) groups excluding carboxylic acids is 1. The second-order valence-electron chi connectivity index (χ2n) is 9.69. The maximum atomic E-state index is 12.6. The Bertz CT molecular complexity index is 1390. The van der Waals surface area contributed by atoms with Crippen LogP contribution >= 0.6 is 0 Å². The van der Waals surface area contributed by atoms with Crippen LogP contribution in [0.25, 0.3) is 21.4 Å². The Morgan fingerprint density at radius 1 is 1.12 bits per heavy atom. The van der Waals surface area contributed by atoms with Crippen LogP contribution in [-0.2, 0) is 6.61 Å². The Morgan fingerprint density at radius 2 is 1.95 bits per heavy atom. The summed E-state index contributed by atoms with van der Waals surface area (Å²) in [6, 6.07) is 8.07. The average molecular weight is 566 g/mol. The fraction of sp³-hybridized carbons (Fsp3) is 0.517. The summed E-state index contributed by atoms with van der Waals surface area (Å²) in [6.07, 6.45) is 7.44. The summed E-state index contributed by atoms with van der Waals surface area (Å²) in [5.74, 6) is 1.22. The van der Waals surface area contributed by atoms with E-state index in [4.69, 9.17) is 19.4 Å². The number of rotatable bonds is 17. The van der Waals surface area contributed by atoms with Crippen molar-refractivity contribution in [2.24, 2.45) is 5.11 Å². The normalized spacial score (nSPS) is 11.5. The molecular formula is C29H39N7O5. The minimum atomic E-state index is -0.493. The standard InChI is InChI=1S/C29H39N7O5/c1-4-6-11-20(5-2)24-18-26(34-28(33-24)35-29(38)31-14-9-7-8-10-15-32-36-30)40-19-21-16-27(37)41-25-17-22(39-3)12-13-23(21)25/h12-13,16-18,20H,4-11,14-15,19H2,1-3H3,(H2,31,33,34,35,38). The predicted octanol–water partition coefficient (Wildman–Crippen LogP) is 6.85. The van der Waals surface area contributed by atoms with Crippen LogP contribution in [-0.4, -0.2) is 36.2 Å². The monoisotopic (exact) mass is 565 g/mol. The van der Waals surface area contributed by atoms with Gasteiger partial charge < -0.3 is 19.2 Å². The third-order valence-electron chi connectivity index (χ3n) is 6.71. The summed E-state index contributed by atoms with van der Waals surface area (Å²) in [6.45, 7) is 5.32. The number of unbranched alkanes of at least 4 members (excludes halogenated alkanes) is 4. The lowest BCUT2D eigenvalue weighted by molar-refractivity contribution is 0.251. The first-order valence-corrected chi connectivity index (χ1v) is 14.2. The summed E-state index contributed by atoms with van der Waals surface area (Å²) in [5, 5.41) is 9.82. The molecule has 3 rings (SSSR count). The zero-order chi connectivity index (χ0) is 29.5. The van der Waals surface area contributed by atoms with E-state index < -0.39 is 11.7 Å². The zero-order valence-corrected chi connectivity index (χ0v) is 24.0. The molecular weight excluding hydrogens is 526 g/mol. The van der Waals surface area contributed by atoms with Gasteiger partial charge >= 0.3 is 11.7 Å². The number of anilines is 1. The molecule has 0 spiro atoms. The number of nitrogens with zero attached hydrogens (tertiary/aromatic N) is 5. The smallest absolute Gasteiger partial charge is 0.336 e. The summed E-state index contributed by atoms with van der Waals surface area (Å²) in [7, 11) is 1.55. The maximum absolute atomic E-state index is 12.6. The molecule has 12 nitrogen and oxygen atoms in total. The average Bonchev–Trinajstić information content (AvgIpc) is 2.97. The molecule has 41 heavy (non-hydrogen) atoms. The predicted molar refractivity (Wildman–Crippen MR) is 157 cm³/mol. The lowest BCUT2D eigenvalue weighted by Crippen LogP contribution is -2.30. The second-order valence-corrected chi connectivity index (χ2v) is 9.69. The van der Waals surface area contributed by atoms with Crippen molar-refractivity contribution in [2.45, 2.75) is 77.7 Å². The summed E-state index contributed by atoms with van der Waals surface area (Å²) < 4.78 is 16.6. The number of hydrogen-bond donors (Lipinski definition) is 2. The number of amides is 2. The minimum Gasteiger partial charge on any atom is -0.497 e. The van der Waals surface area contributed by atoms with Crippen molar-refractivity contribution < 1.29 is 18.7 Å². The van der Waals surface area contributed by atoms with Crippen molar-refractivity contribution in [1.29, 1.82) is 0 Å². The van der Waals surface area contributed by atoms with Gasteiger partial charge in [0.25, 0.3) is 0 Å². The topological polar surface area (TPSA) is 164 Å². The fourth-order valence-electron chi connectivity index (χ4n) is 4.46. The number of ether oxygens (including phenoxy) is 2. The van der Waals surface area contributed by atoms with Crippen LogP contribution in [0, 0.1) is 0 Å². The van der Waals surface area contributed by atoms with Crippen LogP contribution < -0.4 is 25.7 Å². The molecule has 0 aliphatic carbocycles. The Hall–Kier alpha value is -4.31. The van der Waals surface area contributed by atoms with Crippen LogP contribution in [0.1, 0.15) is 82.4 Å². The molecule has 0 aliphatic heterocycles. The summed E-state index contributed by atoms with van der Waals surface area (Å²) in [5.41, 5.74) is 9.67. The van der Waals surface area contributed by atoms with Gasteiger partial charge in [0.2, 0.25) is 11.8 Å². The number of urea groups is 1. The van der Waals surface area contributed by atoms with Crippen molar-refractivity contribution in [3.05, 3.63) is 62.5 Å². The molecule has 12 heteroatoms. The first-order chi connectivity index (χ1) is 20.0. The Kier molecular flexibility index (Phi) is 12.7.